The largest absolute Gasteiger partial charge is 0.455 e. The molecule has 62 heavy (non-hydrogen) atoms. The van der Waals surface area contributed by atoms with Crippen LogP contribution in [0.5, 0.6) is 11.5 Å². The number of benzene rings is 2. The smallest absolute Gasteiger partial charge is 0.295 e. The highest BCUT2D eigenvalue weighted by Gasteiger charge is 2.41. The van der Waals surface area contributed by atoms with Crippen molar-refractivity contribution < 1.29 is 19.2 Å². The molecule has 4 heterocycles. The molecule has 0 radical (unpaired) electrons. The van der Waals surface area contributed by atoms with Crippen molar-refractivity contribution in [1.82, 2.24) is 24.9 Å². The third-order valence-corrected chi connectivity index (χ3v) is 14.1. The molecule has 9 rings (SSSR count). The monoisotopic (exact) mass is 874 g/mol. The number of hydrogen-bond acceptors (Lipinski definition) is 11. The molecule has 15 heteroatoms. The van der Waals surface area contributed by atoms with E-state index < -0.39 is 10.8 Å². The molecular weight excluding hydrogens is 824 g/mol. The minimum absolute atomic E-state index is 0.194. The molecule has 3 aliphatic carbocycles. The SMILES string of the molecule is N=C1C([N+](=O)[O-])=CC(SNC(=O)c2ccc(N3CCN(CC4=C(c5ccc(Cl)cc5)CC5(CCC5)CC4)CC3)cc2Oc2cnc3[nH]ccc3c2)=C/C1=C/NCC1CCOCC1. The Balaban J connectivity index is 0.906. The minimum atomic E-state index is -0.570. The second kappa shape index (κ2) is 18.5. The van der Waals surface area contributed by atoms with Gasteiger partial charge < -0.3 is 24.7 Å². The normalized spacial score (nSPS) is 20.2. The van der Waals surface area contributed by atoms with Crippen molar-refractivity contribution in [1.29, 1.82) is 5.41 Å². The van der Waals surface area contributed by atoms with E-state index in [2.05, 4.69) is 41.9 Å². The molecule has 13 nitrogen and oxygen atoms in total. The molecule has 1 amide bonds. The van der Waals surface area contributed by atoms with Crippen molar-refractivity contribution in [3.05, 3.63) is 133 Å². The molecule has 3 fully saturated rings. The van der Waals surface area contributed by atoms with Crippen LogP contribution < -0.4 is 19.7 Å². The molecule has 2 saturated heterocycles. The third kappa shape index (κ3) is 9.48. The summed E-state index contributed by atoms with van der Waals surface area (Å²) in [5.41, 5.74) is 6.65. The van der Waals surface area contributed by atoms with Crippen molar-refractivity contribution in [2.24, 2.45) is 11.3 Å². The molecule has 5 aliphatic rings. The summed E-state index contributed by atoms with van der Waals surface area (Å²) in [4.78, 5) is 38.3. The van der Waals surface area contributed by atoms with E-state index in [-0.39, 0.29) is 11.4 Å². The number of aromatic amines is 1. The molecule has 322 valence electrons. The fraction of sp³-hybridized carbons (Fsp3) is 0.383. The first-order chi connectivity index (χ1) is 30.2. The first-order valence-corrected chi connectivity index (χ1v) is 22.7. The molecule has 2 aromatic carbocycles. The van der Waals surface area contributed by atoms with E-state index in [0.29, 0.717) is 58.6 Å². The van der Waals surface area contributed by atoms with Crippen molar-refractivity contribution in [2.45, 2.75) is 51.4 Å². The number of carbonyl (C=O) groups excluding carboxylic acids is 1. The molecule has 2 aliphatic heterocycles. The zero-order valence-electron chi connectivity index (χ0n) is 34.6. The van der Waals surface area contributed by atoms with Crippen LogP contribution in [-0.2, 0) is 4.74 Å². The summed E-state index contributed by atoms with van der Waals surface area (Å²) in [6.45, 7) is 6.51. The zero-order chi connectivity index (χ0) is 42.6. The van der Waals surface area contributed by atoms with E-state index in [9.17, 15) is 14.9 Å². The lowest BCUT2D eigenvalue weighted by atomic mass is 9.59. The number of ether oxygens (including phenoxy) is 2. The summed E-state index contributed by atoms with van der Waals surface area (Å²) in [6.07, 6.45) is 17.5. The van der Waals surface area contributed by atoms with Crippen LogP contribution in [0, 0.1) is 26.9 Å². The van der Waals surface area contributed by atoms with Crippen LogP contribution >= 0.6 is 23.5 Å². The quantitative estimate of drug-likeness (QED) is 0.0579. The number of allylic oxidation sites excluding steroid dienone is 4. The van der Waals surface area contributed by atoms with Crippen LogP contribution in [0.3, 0.4) is 0 Å². The van der Waals surface area contributed by atoms with Crippen LogP contribution in [-0.4, -0.2) is 83.9 Å². The third-order valence-electron chi connectivity index (χ3n) is 13.1. The maximum atomic E-state index is 14.0. The lowest BCUT2D eigenvalue weighted by molar-refractivity contribution is -0.415. The highest BCUT2D eigenvalue weighted by Crippen LogP contribution is 2.55. The number of anilines is 1. The zero-order valence-corrected chi connectivity index (χ0v) is 36.2. The topological polar surface area (TPSA) is 162 Å². The minimum Gasteiger partial charge on any atom is -0.455 e. The predicted octanol–water partition coefficient (Wildman–Crippen LogP) is 9.29. The number of rotatable bonds is 13. The Hall–Kier alpha value is -5.41. The summed E-state index contributed by atoms with van der Waals surface area (Å²) in [6, 6.07) is 17.8. The molecule has 4 N–H and O–H groups in total. The molecule has 0 bridgehead atoms. The number of amides is 1. The van der Waals surface area contributed by atoms with Gasteiger partial charge in [-0.3, -0.25) is 29.9 Å². The van der Waals surface area contributed by atoms with Gasteiger partial charge in [0, 0.05) is 104 Å². The van der Waals surface area contributed by atoms with E-state index in [1.807, 2.05) is 42.6 Å². The second-order valence-electron chi connectivity index (χ2n) is 17.1. The summed E-state index contributed by atoms with van der Waals surface area (Å²) in [5.74, 6) is 0.840. The summed E-state index contributed by atoms with van der Waals surface area (Å²) >= 11 is 7.25. The first kappa shape index (κ1) is 41.9. The van der Waals surface area contributed by atoms with Crippen LogP contribution in [0.25, 0.3) is 16.6 Å². The number of pyridine rings is 1. The average Bonchev–Trinajstić information content (AvgIpc) is 3.75. The number of H-pyrrole nitrogens is 1. The number of nitrogens with zero attached hydrogens (tertiary/aromatic N) is 4. The number of nitrogens with one attached hydrogen (secondary N) is 4. The van der Waals surface area contributed by atoms with Gasteiger partial charge in [0.05, 0.1) is 16.7 Å². The van der Waals surface area contributed by atoms with Crippen LogP contribution in [0.15, 0.2) is 107 Å². The fourth-order valence-electron chi connectivity index (χ4n) is 9.29. The van der Waals surface area contributed by atoms with E-state index in [1.165, 1.54) is 42.9 Å². The van der Waals surface area contributed by atoms with Gasteiger partial charge in [-0.2, -0.15) is 0 Å². The maximum Gasteiger partial charge on any atom is 0.295 e. The van der Waals surface area contributed by atoms with Gasteiger partial charge in [0.1, 0.15) is 22.9 Å². The van der Waals surface area contributed by atoms with E-state index in [1.54, 1.807) is 30.1 Å². The van der Waals surface area contributed by atoms with E-state index >= 15 is 0 Å². The van der Waals surface area contributed by atoms with Crippen molar-refractivity contribution in [3.8, 4) is 11.5 Å². The van der Waals surface area contributed by atoms with Crippen LogP contribution in [0.2, 0.25) is 5.02 Å². The van der Waals surface area contributed by atoms with Crippen molar-refractivity contribution in [3.63, 3.8) is 0 Å². The van der Waals surface area contributed by atoms with Gasteiger partial charge in [-0.15, -0.1) is 0 Å². The first-order valence-electron chi connectivity index (χ1n) is 21.5. The molecule has 0 atom stereocenters. The van der Waals surface area contributed by atoms with E-state index in [0.717, 1.165) is 92.1 Å². The van der Waals surface area contributed by atoms with E-state index in [4.69, 9.17) is 26.5 Å². The number of hydrogen-bond donors (Lipinski definition) is 4. The summed E-state index contributed by atoms with van der Waals surface area (Å²) in [5, 5.41) is 25.4. The molecule has 1 saturated carbocycles. The van der Waals surface area contributed by atoms with Gasteiger partial charge in [0.25, 0.3) is 11.6 Å². The van der Waals surface area contributed by atoms with Gasteiger partial charge in [-0.25, -0.2) is 4.98 Å². The molecule has 2 aromatic heterocycles. The summed E-state index contributed by atoms with van der Waals surface area (Å²) < 4.78 is 14.8. The molecular formula is C47H51ClN8O5S. The predicted molar refractivity (Wildman–Crippen MR) is 245 cm³/mol. The second-order valence-corrected chi connectivity index (χ2v) is 18.4. The van der Waals surface area contributed by atoms with Crippen molar-refractivity contribution >= 4 is 57.5 Å². The number of piperazine rings is 1. The van der Waals surface area contributed by atoms with Gasteiger partial charge in [-0.1, -0.05) is 35.7 Å². The maximum absolute atomic E-state index is 14.0. The Kier molecular flexibility index (Phi) is 12.5. The average molecular weight is 875 g/mol. The Morgan fingerprint density at radius 2 is 1.89 bits per heavy atom. The molecule has 0 unspecified atom stereocenters. The Bertz CT molecular complexity index is 2480. The lowest BCUT2D eigenvalue weighted by Gasteiger charge is -2.47. The standard InChI is InChI=1S/C47H51ClN8O5S/c48-36-4-2-32(3-5-36)41-26-47(12-1-13-47)14-8-34(41)30-54-16-18-55(19-17-54)37-6-7-40(43(24-37)61-38-22-33-9-15-51-45(33)52-29-38)46(57)53-62-39-23-35(44(49)42(25-39)56(58)59)28-50-27-31-10-20-60-21-11-31/h2-7,9,15,22-25,28-29,31,49-50H,1,8,10-14,16-21,26-27,30H2,(H,51,52)(H,53,57)/b35-28-,49-44?. The molecule has 1 spiro atoms. The van der Waals surface area contributed by atoms with Crippen LogP contribution in [0.4, 0.5) is 5.69 Å². The van der Waals surface area contributed by atoms with Crippen LogP contribution in [0.1, 0.15) is 67.3 Å². The number of fused-ring (bicyclic) bond motifs is 1. The Labute approximate surface area is 370 Å². The van der Waals surface area contributed by atoms with Crippen molar-refractivity contribution in [2.75, 3.05) is 57.4 Å². The highest BCUT2D eigenvalue weighted by molar-refractivity contribution is 8.02. The number of aromatic nitrogens is 2. The lowest BCUT2D eigenvalue weighted by Crippen LogP contribution is -2.47. The molecule has 4 aromatic rings. The Morgan fingerprint density at radius 1 is 1.08 bits per heavy atom. The highest BCUT2D eigenvalue weighted by atomic mass is 35.5. The summed E-state index contributed by atoms with van der Waals surface area (Å²) in [7, 11) is 0. The number of halogens is 1. The van der Waals surface area contributed by atoms with Gasteiger partial charge in [0.2, 0.25) is 0 Å². The fourth-order valence-corrected chi connectivity index (χ4v) is 10.1. The van der Waals surface area contributed by atoms with Gasteiger partial charge in [-0.05, 0) is 122 Å². The Morgan fingerprint density at radius 3 is 2.65 bits per heavy atom. The van der Waals surface area contributed by atoms with Gasteiger partial charge >= 0.3 is 0 Å². The number of carbonyl (C=O) groups is 1. The van der Waals surface area contributed by atoms with Gasteiger partial charge in [0.15, 0.2) is 0 Å². The number of nitro groups is 1.